The van der Waals surface area contributed by atoms with Crippen LogP contribution in [0.15, 0.2) is 46.7 Å². The molecule has 33 heavy (non-hydrogen) atoms. The van der Waals surface area contributed by atoms with Gasteiger partial charge in [0.1, 0.15) is 4.21 Å². The van der Waals surface area contributed by atoms with Crippen molar-refractivity contribution in [3.63, 3.8) is 0 Å². The van der Waals surface area contributed by atoms with Crippen molar-refractivity contribution in [2.75, 3.05) is 13.7 Å². The smallest absolute Gasteiger partial charge is 0.340 e. The fourth-order valence-electron chi connectivity index (χ4n) is 5.20. The molecule has 0 spiro atoms. The first-order chi connectivity index (χ1) is 15.9. The number of rotatable bonds is 6. The summed E-state index contributed by atoms with van der Waals surface area (Å²) in [6, 6.07) is 9.20. The summed E-state index contributed by atoms with van der Waals surface area (Å²) >= 11 is 1.07. The monoisotopic (exact) mass is 486 g/mol. The van der Waals surface area contributed by atoms with E-state index in [1.807, 2.05) is 35.2 Å². The van der Waals surface area contributed by atoms with Gasteiger partial charge in [-0.15, -0.1) is 11.3 Å². The van der Waals surface area contributed by atoms with E-state index in [2.05, 4.69) is 16.9 Å². The van der Waals surface area contributed by atoms with E-state index in [1.165, 1.54) is 7.11 Å². The highest BCUT2D eigenvalue weighted by atomic mass is 32.2. The van der Waals surface area contributed by atoms with E-state index in [-0.39, 0.29) is 28.1 Å². The van der Waals surface area contributed by atoms with Crippen molar-refractivity contribution >= 4 is 33.2 Å². The molecule has 3 atom stereocenters. The average Bonchev–Trinajstić information content (AvgIpc) is 3.56. The topological polar surface area (TPSA) is 92.8 Å². The van der Waals surface area contributed by atoms with Gasteiger partial charge in [-0.3, -0.25) is 4.79 Å². The van der Waals surface area contributed by atoms with Crippen molar-refractivity contribution in [1.29, 1.82) is 0 Å². The van der Waals surface area contributed by atoms with Gasteiger partial charge in [0.15, 0.2) is 0 Å². The molecule has 1 aliphatic heterocycles. The first kappa shape index (κ1) is 22.3. The Morgan fingerprint density at radius 3 is 2.64 bits per heavy atom. The maximum absolute atomic E-state index is 13.2. The van der Waals surface area contributed by atoms with Gasteiger partial charge in [-0.2, -0.15) is 0 Å². The Morgan fingerprint density at radius 1 is 1.18 bits per heavy atom. The third kappa shape index (κ3) is 4.13. The van der Waals surface area contributed by atoms with E-state index in [9.17, 15) is 18.0 Å². The summed E-state index contributed by atoms with van der Waals surface area (Å²) in [6.45, 7) is 0.921. The van der Waals surface area contributed by atoms with E-state index in [0.29, 0.717) is 36.9 Å². The molecule has 5 rings (SSSR count). The lowest BCUT2D eigenvalue weighted by Gasteiger charge is -2.31. The number of thiophene rings is 1. The van der Waals surface area contributed by atoms with Gasteiger partial charge in [0.25, 0.3) is 10.0 Å². The molecule has 2 bridgehead atoms. The van der Waals surface area contributed by atoms with E-state index in [1.54, 1.807) is 0 Å². The molecule has 1 fully saturated rings. The van der Waals surface area contributed by atoms with Crippen LogP contribution in [0.25, 0.3) is 0 Å². The number of methoxy groups -OCH3 is 1. The second-order valence-corrected chi connectivity index (χ2v) is 11.9. The van der Waals surface area contributed by atoms with Gasteiger partial charge in [0.05, 0.1) is 19.2 Å². The van der Waals surface area contributed by atoms with Gasteiger partial charge in [-0.1, -0.05) is 42.5 Å². The summed E-state index contributed by atoms with van der Waals surface area (Å²) < 4.78 is 33.9. The minimum atomic E-state index is -3.94. The van der Waals surface area contributed by atoms with Crippen LogP contribution in [0, 0.1) is 17.8 Å². The molecule has 0 radical (unpaired) electrons. The predicted octanol–water partition coefficient (Wildman–Crippen LogP) is 3.11. The van der Waals surface area contributed by atoms with Gasteiger partial charge in [-0.25, -0.2) is 17.9 Å². The van der Waals surface area contributed by atoms with Crippen molar-refractivity contribution in [2.45, 2.75) is 36.6 Å². The van der Waals surface area contributed by atoms with Gasteiger partial charge in [-0.05, 0) is 42.2 Å². The van der Waals surface area contributed by atoms with Crippen molar-refractivity contribution < 1.29 is 22.7 Å². The number of carbonyl (C=O) groups excluding carboxylic acids is 2. The lowest BCUT2D eigenvalue weighted by molar-refractivity contribution is -0.137. The molecular formula is C24H26N2O5S2. The van der Waals surface area contributed by atoms with E-state index >= 15 is 0 Å². The summed E-state index contributed by atoms with van der Waals surface area (Å²) in [5, 5.41) is 0. The number of amides is 1. The third-order valence-corrected chi connectivity index (χ3v) is 10.0. The molecule has 9 heteroatoms. The molecule has 3 aliphatic rings. The van der Waals surface area contributed by atoms with Crippen molar-refractivity contribution in [1.82, 2.24) is 9.62 Å². The lowest BCUT2D eigenvalue weighted by Crippen LogP contribution is -2.40. The second kappa shape index (κ2) is 8.70. The molecule has 2 aliphatic carbocycles. The second-order valence-electron chi connectivity index (χ2n) is 8.86. The maximum atomic E-state index is 13.2. The van der Waals surface area contributed by atoms with Crippen molar-refractivity contribution in [3.05, 3.63) is 64.1 Å². The summed E-state index contributed by atoms with van der Waals surface area (Å²) in [7, 11) is -2.69. The average molecular weight is 487 g/mol. The number of nitrogens with zero attached hydrogens (tertiary/aromatic N) is 1. The molecule has 7 nitrogen and oxygen atoms in total. The molecule has 1 amide bonds. The zero-order valence-electron chi connectivity index (χ0n) is 18.3. The van der Waals surface area contributed by atoms with Crippen LogP contribution < -0.4 is 4.72 Å². The van der Waals surface area contributed by atoms with Gasteiger partial charge in [0.2, 0.25) is 5.91 Å². The molecule has 0 unspecified atom stereocenters. The Balaban J connectivity index is 1.40. The first-order valence-corrected chi connectivity index (χ1v) is 13.4. The van der Waals surface area contributed by atoms with Crippen LogP contribution in [-0.4, -0.2) is 38.8 Å². The Labute approximate surface area is 197 Å². The number of esters is 1. The maximum Gasteiger partial charge on any atom is 0.340 e. The van der Waals surface area contributed by atoms with Crippen LogP contribution in [-0.2, 0) is 39.1 Å². The number of fused-ring (bicyclic) bond motifs is 3. The molecule has 1 aromatic carbocycles. The normalized spacial score (nSPS) is 23.5. The summed E-state index contributed by atoms with van der Waals surface area (Å²) in [6.07, 6.45) is 6.76. The van der Waals surface area contributed by atoms with Crippen LogP contribution in [0.5, 0.6) is 0 Å². The number of nitrogens with one attached hydrogen (secondary N) is 1. The highest BCUT2D eigenvalue weighted by Gasteiger charge is 2.43. The Kier molecular flexibility index (Phi) is 5.88. The largest absolute Gasteiger partial charge is 0.465 e. The van der Waals surface area contributed by atoms with E-state index < -0.39 is 16.0 Å². The van der Waals surface area contributed by atoms with Crippen LogP contribution in [0.3, 0.4) is 0 Å². The Hall–Kier alpha value is -2.49. The Bertz CT molecular complexity index is 1220. The van der Waals surface area contributed by atoms with Crippen LogP contribution in [0.2, 0.25) is 0 Å². The van der Waals surface area contributed by atoms with E-state index in [4.69, 9.17) is 4.74 Å². The molecule has 0 saturated heterocycles. The zero-order chi connectivity index (χ0) is 23.2. The fourth-order valence-corrected chi connectivity index (χ4v) is 8.16. The van der Waals surface area contributed by atoms with Crippen molar-refractivity contribution in [3.8, 4) is 0 Å². The number of allylic oxidation sites excluding steroid dienone is 2. The minimum absolute atomic E-state index is 0.0114. The van der Waals surface area contributed by atoms with Crippen LogP contribution in [0.1, 0.15) is 39.2 Å². The van der Waals surface area contributed by atoms with Gasteiger partial charge in [0, 0.05) is 23.9 Å². The van der Waals surface area contributed by atoms with Gasteiger partial charge < -0.3 is 9.64 Å². The number of sulfonamides is 1. The number of ether oxygens (including phenoxy) is 1. The lowest BCUT2D eigenvalue weighted by atomic mass is 9.91. The standard InChI is InChI=1S/C24H26N2O5S2/c1-31-23(28)21-18-9-10-26(22(27)19-12-16-7-8-17(19)11-16)14-20(18)32-24(21)33(29,30)25-13-15-5-3-2-4-6-15/h2-8,16-17,19,25H,9-14H2,1H3/t16-,17+,19+/m1/s1. The highest BCUT2D eigenvalue weighted by molar-refractivity contribution is 7.91. The Morgan fingerprint density at radius 2 is 1.97 bits per heavy atom. The third-order valence-electron chi connectivity index (χ3n) is 6.88. The number of benzene rings is 1. The quantitative estimate of drug-likeness (QED) is 0.500. The highest BCUT2D eigenvalue weighted by Crippen LogP contribution is 2.45. The summed E-state index contributed by atoms with van der Waals surface area (Å²) in [4.78, 5) is 28.4. The molecule has 2 heterocycles. The fraction of sp³-hybridized carbons (Fsp3) is 0.417. The number of hydrogen-bond acceptors (Lipinski definition) is 6. The predicted molar refractivity (Wildman–Crippen MR) is 124 cm³/mol. The number of hydrogen-bond donors (Lipinski definition) is 1. The zero-order valence-corrected chi connectivity index (χ0v) is 20.0. The molecule has 1 saturated carbocycles. The number of carbonyl (C=O) groups is 2. The molecule has 1 N–H and O–H groups in total. The molecular weight excluding hydrogens is 460 g/mol. The minimum Gasteiger partial charge on any atom is -0.465 e. The summed E-state index contributed by atoms with van der Waals surface area (Å²) in [5.74, 6) is 0.306. The van der Waals surface area contributed by atoms with E-state index in [0.717, 1.165) is 34.6 Å². The molecule has 2 aromatic rings. The van der Waals surface area contributed by atoms with Gasteiger partial charge >= 0.3 is 5.97 Å². The molecule has 174 valence electrons. The first-order valence-electron chi connectivity index (χ1n) is 11.1. The SMILES string of the molecule is COC(=O)c1c(S(=O)(=O)NCc2ccccc2)sc2c1CCN(C(=O)[C@H]1C[C@@H]3C=C[C@H]1C3)C2. The van der Waals surface area contributed by atoms with Crippen LogP contribution >= 0.6 is 11.3 Å². The van der Waals surface area contributed by atoms with Crippen LogP contribution in [0.4, 0.5) is 0 Å². The molecule has 1 aromatic heterocycles. The summed E-state index contributed by atoms with van der Waals surface area (Å²) in [5.41, 5.74) is 1.61. The van der Waals surface area contributed by atoms with Crippen molar-refractivity contribution in [2.24, 2.45) is 17.8 Å².